The van der Waals surface area contributed by atoms with E-state index in [9.17, 15) is 4.79 Å². The van der Waals surface area contributed by atoms with Crippen LogP contribution in [0.1, 0.15) is 10.4 Å². The molecule has 0 spiro atoms. The molecule has 29 heavy (non-hydrogen) atoms. The number of benzene rings is 2. The number of hydrogen-bond donors (Lipinski definition) is 2. The van der Waals surface area contributed by atoms with Gasteiger partial charge in [-0.2, -0.15) is 0 Å². The topological polar surface area (TPSA) is 83.1 Å². The number of nitrogens with zero attached hydrogens (tertiary/aromatic N) is 3. The van der Waals surface area contributed by atoms with E-state index >= 15 is 0 Å². The minimum absolute atomic E-state index is 0.218. The molecule has 0 aliphatic carbocycles. The quantitative estimate of drug-likeness (QED) is 0.540. The van der Waals surface area contributed by atoms with Crippen LogP contribution in [0.15, 0.2) is 54.0 Å². The molecule has 146 valence electrons. The highest BCUT2D eigenvalue weighted by Gasteiger charge is 2.19. The molecule has 3 heterocycles. The smallest absolute Gasteiger partial charge is 0.259 e. The first-order chi connectivity index (χ1) is 14.3. The summed E-state index contributed by atoms with van der Waals surface area (Å²) in [6, 6.07) is 13.8. The molecule has 0 unspecified atom stereocenters. The van der Waals surface area contributed by atoms with Crippen LogP contribution in [0.4, 0.5) is 10.8 Å². The van der Waals surface area contributed by atoms with Crippen LogP contribution in [0.5, 0.6) is 0 Å². The maximum atomic E-state index is 12.8. The zero-order valence-electron chi connectivity index (χ0n) is 15.6. The van der Waals surface area contributed by atoms with Gasteiger partial charge in [0.1, 0.15) is 11.3 Å². The maximum Gasteiger partial charge on any atom is 0.259 e. The highest BCUT2D eigenvalue weighted by molar-refractivity contribution is 7.13. The van der Waals surface area contributed by atoms with Crippen molar-refractivity contribution in [2.24, 2.45) is 0 Å². The predicted molar refractivity (Wildman–Crippen MR) is 115 cm³/mol. The molecule has 0 saturated carbocycles. The number of thiazole rings is 1. The van der Waals surface area contributed by atoms with Gasteiger partial charge in [-0.15, -0.1) is 11.3 Å². The van der Waals surface area contributed by atoms with E-state index in [1.165, 1.54) is 11.3 Å². The van der Waals surface area contributed by atoms with E-state index in [-0.39, 0.29) is 5.91 Å². The minimum Gasteiger partial charge on any atom is -0.378 e. The molecule has 1 aliphatic rings. The number of carbonyl (C=O) groups is 1. The van der Waals surface area contributed by atoms with Gasteiger partial charge in [0.25, 0.3) is 5.91 Å². The Hall–Kier alpha value is -3.23. The van der Waals surface area contributed by atoms with Gasteiger partial charge in [0.15, 0.2) is 5.13 Å². The van der Waals surface area contributed by atoms with Crippen molar-refractivity contribution in [1.29, 1.82) is 0 Å². The number of anilines is 2. The summed E-state index contributed by atoms with van der Waals surface area (Å²) in [6.07, 6.45) is 1.66. The number of H-pyrrole nitrogens is 1. The number of amides is 1. The van der Waals surface area contributed by atoms with Gasteiger partial charge in [-0.3, -0.25) is 10.1 Å². The number of fused-ring (bicyclic) bond motifs is 1. The Morgan fingerprint density at radius 1 is 1.14 bits per heavy atom. The van der Waals surface area contributed by atoms with E-state index < -0.39 is 0 Å². The van der Waals surface area contributed by atoms with Crippen molar-refractivity contribution < 1.29 is 9.53 Å². The lowest BCUT2D eigenvalue weighted by atomic mass is 10.1. The SMILES string of the molecule is O=C(Nc1nccs1)c1cccc2[nH]c(-c3ccccc3N3CCOCC3)nc12. The highest BCUT2D eigenvalue weighted by atomic mass is 32.1. The number of para-hydroxylation sites is 2. The molecule has 0 atom stereocenters. The van der Waals surface area contributed by atoms with E-state index in [0.717, 1.165) is 48.9 Å². The second kappa shape index (κ2) is 7.65. The molecule has 1 saturated heterocycles. The minimum atomic E-state index is -0.218. The van der Waals surface area contributed by atoms with Crippen molar-refractivity contribution in [3.05, 3.63) is 59.6 Å². The number of aromatic amines is 1. The van der Waals surface area contributed by atoms with Gasteiger partial charge in [-0.25, -0.2) is 9.97 Å². The van der Waals surface area contributed by atoms with E-state index in [1.807, 2.05) is 29.6 Å². The van der Waals surface area contributed by atoms with Crippen molar-refractivity contribution in [1.82, 2.24) is 15.0 Å². The van der Waals surface area contributed by atoms with E-state index in [0.29, 0.717) is 16.2 Å². The Bertz CT molecular complexity index is 1150. The fraction of sp³-hybridized carbons (Fsp3) is 0.190. The fourth-order valence-corrected chi connectivity index (χ4v) is 4.07. The lowest BCUT2D eigenvalue weighted by Gasteiger charge is -2.30. The molecule has 8 heteroatoms. The molecule has 7 nitrogen and oxygen atoms in total. The summed E-state index contributed by atoms with van der Waals surface area (Å²) in [5.74, 6) is 0.529. The highest BCUT2D eigenvalue weighted by Crippen LogP contribution is 2.31. The number of ether oxygens (including phenoxy) is 1. The van der Waals surface area contributed by atoms with E-state index in [1.54, 1.807) is 12.3 Å². The lowest BCUT2D eigenvalue weighted by molar-refractivity contribution is 0.102. The Labute approximate surface area is 171 Å². The fourth-order valence-electron chi connectivity index (χ4n) is 3.55. The summed E-state index contributed by atoms with van der Waals surface area (Å²) in [4.78, 5) is 27.4. The van der Waals surface area contributed by atoms with Gasteiger partial charge in [0, 0.05) is 35.9 Å². The number of morpholine rings is 1. The van der Waals surface area contributed by atoms with Crippen molar-refractivity contribution >= 4 is 39.1 Å². The summed E-state index contributed by atoms with van der Waals surface area (Å²) < 4.78 is 5.49. The number of aromatic nitrogens is 3. The van der Waals surface area contributed by atoms with Crippen molar-refractivity contribution in [2.45, 2.75) is 0 Å². The van der Waals surface area contributed by atoms with Gasteiger partial charge in [0.2, 0.25) is 0 Å². The summed E-state index contributed by atoms with van der Waals surface area (Å²) in [5.41, 5.74) is 4.11. The first-order valence-electron chi connectivity index (χ1n) is 9.41. The number of imidazole rings is 1. The number of carbonyl (C=O) groups excluding carboxylic acids is 1. The van der Waals surface area contributed by atoms with Crippen LogP contribution >= 0.6 is 11.3 Å². The normalized spacial score (nSPS) is 14.3. The molecule has 0 radical (unpaired) electrons. The summed E-state index contributed by atoms with van der Waals surface area (Å²) in [6.45, 7) is 3.13. The molecule has 1 aliphatic heterocycles. The van der Waals surface area contributed by atoms with Crippen molar-refractivity contribution in [2.75, 3.05) is 36.5 Å². The van der Waals surface area contributed by atoms with Gasteiger partial charge in [-0.1, -0.05) is 18.2 Å². The molecule has 2 N–H and O–H groups in total. The predicted octanol–water partition coefficient (Wildman–Crippen LogP) is 3.78. The molecule has 2 aromatic heterocycles. The van der Waals surface area contributed by atoms with Gasteiger partial charge in [0.05, 0.1) is 24.3 Å². The summed E-state index contributed by atoms with van der Waals surface area (Å²) in [5, 5.41) is 5.23. The molecule has 1 amide bonds. The zero-order valence-corrected chi connectivity index (χ0v) is 16.4. The summed E-state index contributed by atoms with van der Waals surface area (Å²) >= 11 is 1.38. The molecule has 1 fully saturated rings. The summed E-state index contributed by atoms with van der Waals surface area (Å²) in [7, 11) is 0. The van der Waals surface area contributed by atoms with Crippen LogP contribution in [-0.2, 0) is 4.74 Å². The zero-order chi connectivity index (χ0) is 19.6. The number of hydrogen-bond acceptors (Lipinski definition) is 6. The number of rotatable bonds is 4. The van der Waals surface area contributed by atoms with Crippen LogP contribution in [0.2, 0.25) is 0 Å². The van der Waals surface area contributed by atoms with Crippen molar-refractivity contribution in [3.8, 4) is 11.4 Å². The number of nitrogens with one attached hydrogen (secondary N) is 2. The van der Waals surface area contributed by atoms with Crippen molar-refractivity contribution in [3.63, 3.8) is 0 Å². The molecule has 4 aromatic rings. The van der Waals surface area contributed by atoms with Crippen LogP contribution in [0, 0.1) is 0 Å². The average molecular weight is 405 g/mol. The van der Waals surface area contributed by atoms with Gasteiger partial charge in [-0.05, 0) is 24.3 Å². The molecule has 2 aromatic carbocycles. The third kappa shape index (κ3) is 3.48. The Morgan fingerprint density at radius 3 is 2.83 bits per heavy atom. The van der Waals surface area contributed by atoms with Crippen LogP contribution in [0.25, 0.3) is 22.4 Å². The second-order valence-electron chi connectivity index (χ2n) is 6.70. The van der Waals surface area contributed by atoms with Gasteiger partial charge < -0.3 is 14.6 Å². The standard InChI is InChI=1S/C21H19N5O2S/c27-20(25-21-22-8-13-29-21)15-5-3-6-16-18(15)24-19(23-16)14-4-1-2-7-17(14)26-9-11-28-12-10-26/h1-8,13H,9-12H2,(H,23,24)(H,22,25,27). The first kappa shape index (κ1) is 17.8. The Morgan fingerprint density at radius 2 is 2.00 bits per heavy atom. The third-order valence-electron chi connectivity index (χ3n) is 4.92. The van der Waals surface area contributed by atoms with Crippen LogP contribution in [-0.4, -0.2) is 47.2 Å². The van der Waals surface area contributed by atoms with E-state index in [2.05, 4.69) is 32.3 Å². The molecular weight excluding hydrogens is 386 g/mol. The third-order valence-corrected chi connectivity index (χ3v) is 5.61. The lowest BCUT2D eigenvalue weighted by Crippen LogP contribution is -2.36. The van der Waals surface area contributed by atoms with E-state index in [4.69, 9.17) is 9.72 Å². The monoisotopic (exact) mass is 405 g/mol. The second-order valence-corrected chi connectivity index (χ2v) is 7.59. The molecule has 5 rings (SSSR count). The Balaban J connectivity index is 1.54. The largest absolute Gasteiger partial charge is 0.378 e. The Kier molecular flexibility index (Phi) is 4.71. The van der Waals surface area contributed by atoms with Crippen LogP contribution < -0.4 is 10.2 Å². The van der Waals surface area contributed by atoms with Crippen LogP contribution in [0.3, 0.4) is 0 Å². The van der Waals surface area contributed by atoms with Gasteiger partial charge >= 0.3 is 0 Å². The molecular formula is C21H19N5O2S. The maximum absolute atomic E-state index is 12.8. The molecule has 0 bridgehead atoms. The first-order valence-corrected chi connectivity index (χ1v) is 10.3. The average Bonchev–Trinajstić information content (AvgIpc) is 3.43.